The maximum atomic E-state index is 13.6. The molecule has 0 atom stereocenters. The number of aromatic nitrogens is 1. The number of nitrogens with one attached hydrogen (secondary N) is 2. The molecular formula is C20H18FN3O. The number of hydrogen-bond acceptors (Lipinski definition) is 3. The zero-order valence-electron chi connectivity index (χ0n) is 13.8. The third-order valence-electron chi connectivity index (χ3n) is 3.68. The third-order valence-corrected chi connectivity index (χ3v) is 3.68. The van der Waals surface area contributed by atoms with E-state index in [1.165, 1.54) is 12.3 Å². The second-order valence-electron chi connectivity index (χ2n) is 5.71. The molecule has 0 bridgehead atoms. The summed E-state index contributed by atoms with van der Waals surface area (Å²) in [5.41, 5.74) is 3.47. The maximum Gasteiger partial charge on any atom is 0.270 e. The number of amides is 1. The monoisotopic (exact) mass is 335 g/mol. The van der Waals surface area contributed by atoms with Crippen LogP contribution in [0.15, 0.2) is 66.9 Å². The van der Waals surface area contributed by atoms with Gasteiger partial charge in [-0.2, -0.15) is 0 Å². The molecule has 0 aliphatic heterocycles. The lowest BCUT2D eigenvalue weighted by atomic mass is 10.1. The van der Waals surface area contributed by atoms with Gasteiger partial charge in [-0.3, -0.25) is 4.79 Å². The largest absolute Gasteiger partial charge is 0.352 e. The number of halogens is 1. The third kappa shape index (κ3) is 4.41. The quantitative estimate of drug-likeness (QED) is 0.735. The number of aryl methyl sites for hydroxylation is 1. The summed E-state index contributed by atoms with van der Waals surface area (Å²) in [5, 5.41) is 5.77. The van der Waals surface area contributed by atoms with Gasteiger partial charge in [0.1, 0.15) is 11.5 Å². The Morgan fingerprint density at radius 3 is 2.64 bits per heavy atom. The van der Waals surface area contributed by atoms with Crippen molar-refractivity contribution in [2.45, 2.75) is 13.5 Å². The van der Waals surface area contributed by atoms with Gasteiger partial charge in [-0.05, 0) is 36.8 Å². The van der Waals surface area contributed by atoms with Crippen molar-refractivity contribution >= 4 is 17.3 Å². The van der Waals surface area contributed by atoms with Gasteiger partial charge in [0.25, 0.3) is 5.91 Å². The van der Waals surface area contributed by atoms with E-state index >= 15 is 0 Å². The average Bonchev–Trinajstić information content (AvgIpc) is 2.62. The number of anilines is 2. The van der Waals surface area contributed by atoms with Crippen LogP contribution in [0.4, 0.5) is 15.8 Å². The van der Waals surface area contributed by atoms with Crippen LogP contribution in [-0.4, -0.2) is 10.9 Å². The first kappa shape index (κ1) is 16.6. The van der Waals surface area contributed by atoms with Crippen molar-refractivity contribution in [3.05, 3.63) is 89.5 Å². The van der Waals surface area contributed by atoms with Crippen LogP contribution in [0.2, 0.25) is 0 Å². The summed E-state index contributed by atoms with van der Waals surface area (Å²) in [6.07, 6.45) is 1.51. The Kier molecular flexibility index (Phi) is 5.04. The highest BCUT2D eigenvalue weighted by Crippen LogP contribution is 2.18. The van der Waals surface area contributed by atoms with Gasteiger partial charge >= 0.3 is 0 Å². The summed E-state index contributed by atoms with van der Waals surface area (Å²) in [6.45, 7) is 2.45. The van der Waals surface area contributed by atoms with Gasteiger partial charge in [0.05, 0.1) is 17.6 Å². The van der Waals surface area contributed by atoms with E-state index in [2.05, 4.69) is 15.6 Å². The highest BCUT2D eigenvalue weighted by Gasteiger charge is 2.08. The molecule has 0 aliphatic carbocycles. The van der Waals surface area contributed by atoms with Crippen LogP contribution < -0.4 is 10.6 Å². The fourth-order valence-corrected chi connectivity index (χ4v) is 2.42. The van der Waals surface area contributed by atoms with Gasteiger partial charge in [0, 0.05) is 6.54 Å². The second kappa shape index (κ2) is 7.57. The lowest BCUT2D eigenvalue weighted by Crippen LogP contribution is -2.23. The molecule has 3 aromatic rings. The van der Waals surface area contributed by atoms with Gasteiger partial charge in [-0.25, -0.2) is 9.37 Å². The van der Waals surface area contributed by atoms with Gasteiger partial charge < -0.3 is 10.6 Å². The average molecular weight is 335 g/mol. The van der Waals surface area contributed by atoms with E-state index in [0.29, 0.717) is 23.6 Å². The summed E-state index contributed by atoms with van der Waals surface area (Å²) in [5.74, 6) is -0.596. The van der Waals surface area contributed by atoms with E-state index in [4.69, 9.17) is 0 Å². The molecule has 25 heavy (non-hydrogen) atoms. The first-order valence-electron chi connectivity index (χ1n) is 7.93. The number of rotatable bonds is 5. The molecule has 0 saturated heterocycles. The van der Waals surface area contributed by atoms with Crippen LogP contribution in [0.5, 0.6) is 0 Å². The van der Waals surface area contributed by atoms with Crippen LogP contribution in [0.3, 0.4) is 0 Å². The van der Waals surface area contributed by atoms with Crippen molar-refractivity contribution in [3.63, 3.8) is 0 Å². The Morgan fingerprint density at radius 1 is 1.08 bits per heavy atom. The van der Waals surface area contributed by atoms with Gasteiger partial charge in [0.15, 0.2) is 0 Å². The van der Waals surface area contributed by atoms with Crippen molar-refractivity contribution < 1.29 is 9.18 Å². The summed E-state index contributed by atoms with van der Waals surface area (Å²) in [7, 11) is 0. The minimum atomic E-state index is -0.345. The summed E-state index contributed by atoms with van der Waals surface area (Å²) in [6, 6.07) is 17.6. The fourth-order valence-electron chi connectivity index (χ4n) is 2.42. The van der Waals surface area contributed by atoms with Gasteiger partial charge in [-0.1, -0.05) is 42.0 Å². The van der Waals surface area contributed by atoms with Crippen LogP contribution >= 0.6 is 0 Å². The van der Waals surface area contributed by atoms with Crippen molar-refractivity contribution in [3.8, 4) is 0 Å². The van der Waals surface area contributed by atoms with Crippen LogP contribution in [0.1, 0.15) is 21.6 Å². The van der Waals surface area contributed by atoms with Crippen molar-refractivity contribution in [1.82, 2.24) is 10.3 Å². The van der Waals surface area contributed by atoms with Crippen molar-refractivity contribution in [2.24, 2.45) is 0 Å². The molecule has 1 heterocycles. The van der Waals surface area contributed by atoms with E-state index in [1.54, 1.807) is 30.3 Å². The zero-order chi connectivity index (χ0) is 17.6. The first-order valence-corrected chi connectivity index (χ1v) is 7.93. The highest BCUT2D eigenvalue weighted by molar-refractivity contribution is 5.92. The Bertz CT molecular complexity index is 878. The predicted molar refractivity (Wildman–Crippen MR) is 96.3 cm³/mol. The standard InChI is InChI=1S/C20H18FN3O/c1-14-5-4-6-15(11-14)12-23-20(25)19-10-9-16(13-22-19)24-18-8-3-2-7-17(18)21/h2-11,13,24H,12H2,1H3,(H,23,25). The molecule has 0 spiro atoms. The molecule has 3 rings (SSSR count). The minimum Gasteiger partial charge on any atom is -0.352 e. The van der Waals surface area contributed by atoms with Crippen LogP contribution in [0, 0.1) is 12.7 Å². The number of nitrogens with zero attached hydrogens (tertiary/aromatic N) is 1. The van der Waals surface area contributed by atoms with Gasteiger partial charge in [0.2, 0.25) is 0 Å². The highest BCUT2D eigenvalue weighted by atomic mass is 19.1. The summed E-state index contributed by atoms with van der Waals surface area (Å²) >= 11 is 0. The molecule has 126 valence electrons. The fraction of sp³-hybridized carbons (Fsp3) is 0.100. The maximum absolute atomic E-state index is 13.6. The van der Waals surface area contributed by atoms with Crippen molar-refractivity contribution in [2.75, 3.05) is 5.32 Å². The van der Waals surface area contributed by atoms with E-state index in [1.807, 2.05) is 31.2 Å². The Morgan fingerprint density at radius 2 is 1.92 bits per heavy atom. The number of benzene rings is 2. The molecule has 0 radical (unpaired) electrons. The minimum absolute atomic E-state index is 0.251. The van der Waals surface area contributed by atoms with E-state index in [-0.39, 0.29) is 11.7 Å². The van der Waals surface area contributed by atoms with E-state index in [0.717, 1.165) is 11.1 Å². The molecule has 0 unspecified atom stereocenters. The molecule has 2 N–H and O–H groups in total. The number of pyridine rings is 1. The van der Waals surface area contributed by atoms with Crippen LogP contribution in [0.25, 0.3) is 0 Å². The molecule has 0 fully saturated rings. The van der Waals surface area contributed by atoms with Crippen LogP contribution in [-0.2, 0) is 6.54 Å². The lowest BCUT2D eigenvalue weighted by Gasteiger charge is -2.08. The van der Waals surface area contributed by atoms with Crippen molar-refractivity contribution in [1.29, 1.82) is 0 Å². The number of para-hydroxylation sites is 1. The molecule has 1 aromatic heterocycles. The topological polar surface area (TPSA) is 54.0 Å². The SMILES string of the molecule is Cc1cccc(CNC(=O)c2ccc(Nc3ccccc3F)cn2)c1. The van der Waals surface area contributed by atoms with E-state index in [9.17, 15) is 9.18 Å². The Balaban J connectivity index is 1.61. The number of carbonyl (C=O) groups is 1. The predicted octanol–water partition coefficient (Wildman–Crippen LogP) is 4.20. The normalized spacial score (nSPS) is 10.3. The molecular weight excluding hydrogens is 317 g/mol. The lowest BCUT2D eigenvalue weighted by molar-refractivity contribution is 0.0946. The second-order valence-corrected chi connectivity index (χ2v) is 5.71. The number of hydrogen-bond donors (Lipinski definition) is 2. The first-order chi connectivity index (χ1) is 12.1. The van der Waals surface area contributed by atoms with Gasteiger partial charge in [-0.15, -0.1) is 0 Å². The summed E-state index contributed by atoms with van der Waals surface area (Å²) < 4.78 is 13.6. The molecule has 0 aliphatic rings. The molecule has 2 aromatic carbocycles. The molecule has 1 amide bonds. The molecule has 4 nitrogen and oxygen atoms in total. The molecule has 0 saturated carbocycles. The summed E-state index contributed by atoms with van der Waals surface area (Å²) in [4.78, 5) is 16.3. The zero-order valence-corrected chi connectivity index (χ0v) is 13.8. The smallest absolute Gasteiger partial charge is 0.270 e. The number of carbonyl (C=O) groups excluding carboxylic acids is 1. The Hall–Kier alpha value is -3.21. The Labute approximate surface area is 145 Å². The van der Waals surface area contributed by atoms with E-state index < -0.39 is 0 Å². The molecule has 5 heteroatoms.